The van der Waals surface area contributed by atoms with Gasteiger partial charge in [-0.1, -0.05) is 44.2 Å². The van der Waals surface area contributed by atoms with Gasteiger partial charge in [0.2, 0.25) is 5.91 Å². The number of nitrogens with one attached hydrogen (secondary N) is 2. The van der Waals surface area contributed by atoms with Crippen LogP contribution in [0.15, 0.2) is 88.4 Å². The zero-order chi connectivity index (χ0) is 24.8. The van der Waals surface area contributed by atoms with Gasteiger partial charge in [0, 0.05) is 30.3 Å². The smallest absolute Gasteiger partial charge is 0.263 e. The molecule has 2 aromatic heterocycles. The number of carbonyl (C=O) groups excluding carboxylic acids is 1. The van der Waals surface area contributed by atoms with Crippen LogP contribution in [0.2, 0.25) is 0 Å². The minimum Gasteiger partial charge on any atom is -0.441 e. The van der Waals surface area contributed by atoms with E-state index in [0.29, 0.717) is 29.7 Å². The summed E-state index contributed by atoms with van der Waals surface area (Å²) in [6.07, 6.45) is 3.68. The van der Waals surface area contributed by atoms with Gasteiger partial charge in [-0.25, -0.2) is 18.4 Å². The molecule has 0 bridgehead atoms. The Bertz CT molecular complexity index is 1380. The molecule has 4 aromatic rings. The highest BCUT2D eigenvalue weighted by atomic mass is 32.2. The maximum absolute atomic E-state index is 12.5. The lowest BCUT2D eigenvalue weighted by Gasteiger charge is -2.09. The minimum absolute atomic E-state index is 0.0647. The molecule has 0 radical (unpaired) electrons. The van der Waals surface area contributed by atoms with E-state index < -0.39 is 10.0 Å². The molecule has 35 heavy (non-hydrogen) atoms. The second-order valence-electron chi connectivity index (χ2n) is 8.29. The van der Waals surface area contributed by atoms with Crippen molar-refractivity contribution < 1.29 is 17.6 Å². The summed E-state index contributed by atoms with van der Waals surface area (Å²) in [5.41, 5.74) is 2.68. The average molecular weight is 491 g/mol. The molecule has 0 aliphatic heterocycles. The SMILES string of the molecule is CC(C)c1ccc(-c2cnc(CCC(=O)Nc3ccc(S(=O)(=O)Nc4ccccn4)cc3)o2)cc1. The number of hydrogen-bond acceptors (Lipinski definition) is 6. The normalized spacial score (nSPS) is 11.4. The molecule has 2 N–H and O–H groups in total. The van der Waals surface area contributed by atoms with E-state index in [1.54, 1.807) is 24.4 Å². The molecular weight excluding hydrogens is 464 g/mol. The molecule has 0 atom stereocenters. The average Bonchev–Trinajstić information content (AvgIpc) is 3.33. The number of sulfonamides is 1. The van der Waals surface area contributed by atoms with Gasteiger partial charge in [0.15, 0.2) is 11.7 Å². The molecule has 0 saturated carbocycles. The molecule has 9 heteroatoms. The van der Waals surface area contributed by atoms with Crippen molar-refractivity contribution in [3.63, 3.8) is 0 Å². The lowest BCUT2D eigenvalue weighted by Crippen LogP contribution is -2.15. The van der Waals surface area contributed by atoms with Gasteiger partial charge in [0.25, 0.3) is 10.0 Å². The zero-order valence-corrected chi connectivity index (χ0v) is 20.2. The number of oxazole rings is 1. The number of carbonyl (C=O) groups is 1. The van der Waals surface area contributed by atoms with E-state index >= 15 is 0 Å². The van der Waals surface area contributed by atoms with Gasteiger partial charge in [0.1, 0.15) is 5.82 Å². The van der Waals surface area contributed by atoms with Crippen LogP contribution in [0.3, 0.4) is 0 Å². The van der Waals surface area contributed by atoms with Crippen molar-refractivity contribution in [1.82, 2.24) is 9.97 Å². The number of amides is 1. The van der Waals surface area contributed by atoms with Crippen molar-refractivity contribution in [3.05, 3.63) is 90.6 Å². The maximum atomic E-state index is 12.5. The van der Waals surface area contributed by atoms with Gasteiger partial charge in [-0.3, -0.25) is 9.52 Å². The standard InChI is InChI=1S/C26H26N4O4S/c1-18(2)19-6-8-20(9-7-19)23-17-28-26(34-23)15-14-25(31)29-21-10-12-22(13-11-21)35(32,33)30-24-5-3-4-16-27-24/h3-13,16-18H,14-15H2,1-2H3,(H,27,30)(H,29,31). The zero-order valence-electron chi connectivity index (χ0n) is 19.4. The molecular formula is C26H26N4O4S. The Hall–Kier alpha value is -3.98. The van der Waals surface area contributed by atoms with E-state index in [1.165, 1.54) is 36.0 Å². The highest BCUT2D eigenvalue weighted by molar-refractivity contribution is 7.92. The van der Waals surface area contributed by atoms with Crippen LogP contribution in [0.1, 0.15) is 37.6 Å². The van der Waals surface area contributed by atoms with Gasteiger partial charge >= 0.3 is 0 Å². The summed E-state index contributed by atoms with van der Waals surface area (Å²) >= 11 is 0. The van der Waals surface area contributed by atoms with Crippen LogP contribution in [-0.4, -0.2) is 24.3 Å². The van der Waals surface area contributed by atoms with E-state index in [-0.39, 0.29) is 23.0 Å². The number of pyridine rings is 1. The van der Waals surface area contributed by atoms with Crippen LogP contribution >= 0.6 is 0 Å². The minimum atomic E-state index is -3.78. The fraction of sp³-hybridized carbons (Fsp3) is 0.192. The summed E-state index contributed by atoms with van der Waals surface area (Å²) in [5, 5.41) is 2.76. The summed E-state index contributed by atoms with van der Waals surface area (Å²) in [5.74, 6) is 1.59. The van der Waals surface area contributed by atoms with Crippen LogP contribution in [-0.2, 0) is 21.2 Å². The highest BCUT2D eigenvalue weighted by Gasteiger charge is 2.15. The molecule has 180 valence electrons. The second kappa shape index (κ2) is 10.5. The van der Waals surface area contributed by atoms with E-state index in [0.717, 1.165) is 5.56 Å². The summed E-state index contributed by atoms with van der Waals surface area (Å²) in [6, 6.07) is 19.0. The molecule has 0 saturated heterocycles. The second-order valence-corrected chi connectivity index (χ2v) is 9.97. The molecule has 0 aliphatic rings. The predicted molar refractivity (Wildman–Crippen MR) is 134 cm³/mol. The van der Waals surface area contributed by atoms with Gasteiger partial charge in [-0.05, 0) is 47.9 Å². The van der Waals surface area contributed by atoms with E-state index in [1.807, 2.05) is 12.1 Å². The Morgan fingerprint density at radius 3 is 2.37 bits per heavy atom. The van der Waals surface area contributed by atoms with Crippen molar-refractivity contribution >= 4 is 27.4 Å². The molecule has 0 fully saturated rings. The highest BCUT2D eigenvalue weighted by Crippen LogP contribution is 2.24. The fourth-order valence-electron chi connectivity index (χ4n) is 3.37. The topological polar surface area (TPSA) is 114 Å². The number of aryl methyl sites for hydroxylation is 1. The van der Waals surface area contributed by atoms with Gasteiger partial charge in [-0.15, -0.1) is 0 Å². The molecule has 4 rings (SSSR count). The third kappa shape index (κ3) is 6.33. The van der Waals surface area contributed by atoms with Crippen LogP contribution < -0.4 is 10.0 Å². The fourth-order valence-corrected chi connectivity index (χ4v) is 4.38. The first-order valence-electron chi connectivity index (χ1n) is 11.2. The van der Waals surface area contributed by atoms with Gasteiger partial charge in [0.05, 0.1) is 11.1 Å². The molecule has 0 spiro atoms. The molecule has 8 nitrogen and oxygen atoms in total. The summed E-state index contributed by atoms with van der Waals surface area (Å²) in [7, 11) is -3.78. The first-order chi connectivity index (χ1) is 16.8. The Labute approximate surface area is 204 Å². The molecule has 0 aliphatic carbocycles. The van der Waals surface area contributed by atoms with Crippen LogP contribution in [0, 0.1) is 0 Å². The van der Waals surface area contributed by atoms with E-state index in [2.05, 4.69) is 46.0 Å². The van der Waals surface area contributed by atoms with Crippen LogP contribution in [0.25, 0.3) is 11.3 Å². The van der Waals surface area contributed by atoms with Gasteiger partial charge < -0.3 is 9.73 Å². The van der Waals surface area contributed by atoms with Crippen molar-refractivity contribution in [3.8, 4) is 11.3 Å². The van der Waals surface area contributed by atoms with Crippen molar-refractivity contribution in [1.29, 1.82) is 0 Å². The van der Waals surface area contributed by atoms with Crippen molar-refractivity contribution in [2.24, 2.45) is 0 Å². The summed E-state index contributed by atoms with van der Waals surface area (Å²) in [4.78, 5) is 20.7. The molecule has 2 aromatic carbocycles. The van der Waals surface area contributed by atoms with Crippen molar-refractivity contribution in [2.45, 2.75) is 37.5 Å². The summed E-state index contributed by atoms with van der Waals surface area (Å²) < 4.78 is 33.2. The monoisotopic (exact) mass is 490 g/mol. The summed E-state index contributed by atoms with van der Waals surface area (Å²) in [6.45, 7) is 4.29. The lowest BCUT2D eigenvalue weighted by atomic mass is 10.0. The molecule has 1 amide bonds. The Kier molecular flexibility index (Phi) is 7.26. The Balaban J connectivity index is 1.30. The maximum Gasteiger partial charge on any atom is 0.263 e. The quantitative estimate of drug-likeness (QED) is 0.332. The van der Waals surface area contributed by atoms with Crippen molar-refractivity contribution in [2.75, 3.05) is 10.0 Å². The number of rotatable bonds is 9. The molecule has 0 unspecified atom stereocenters. The third-order valence-electron chi connectivity index (χ3n) is 5.33. The number of anilines is 2. The van der Waals surface area contributed by atoms with E-state index in [4.69, 9.17) is 4.42 Å². The number of hydrogen-bond donors (Lipinski definition) is 2. The van der Waals surface area contributed by atoms with E-state index in [9.17, 15) is 13.2 Å². The van der Waals surface area contributed by atoms with Gasteiger partial charge in [-0.2, -0.15) is 0 Å². The molecule has 2 heterocycles. The number of benzene rings is 2. The Morgan fingerprint density at radius 2 is 1.71 bits per heavy atom. The lowest BCUT2D eigenvalue weighted by molar-refractivity contribution is -0.116. The third-order valence-corrected chi connectivity index (χ3v) is 6.70. The first-order valence-corrected chi connectivity index (χ1v) is 12.7. The first kappa shape index (κ1) is 24.2. The largest absolute Gasteiger partial charge is 0.441 e. The van der Waals surface area contributed by atoms with Crippen LogP contribution in [0.5, 0.6) is 0 Å². The van der Waals surface area contributed by atoms with Crippen LogP contribution in [0.4, 0.5) is 11.5 Å². The Morgan fingerprint density at radius 1 is 0.971 bits per heavy atom. The predicted octanol–water partition coefficient (Wildman–Crippen LogP) is 5.23. The number of nitrogens with zero attached hydrogens (tertiary/aromatic N) is 2. The number of aromatic nitrogens is 2.